The molecule has 0 bridgehead atoms. The van der Waals surface area contributed by atoms with Gasteiger partial charge in [0.05, 0.1) is 6.61 Å². The zero-order valence-corrected chi connectivity index (χ0v) is 22.4. The molecule has 1 saturated heterocycles. The number of hydrogen-bond donors (Lipinski definition) is 0. The number of aromatic nitrogens is 1. The lowest BCUT2D eigenvalue weighted by molar-refractivity contribution is -0.118. The van der Waals surface area contributed by atoms with Crippen LogP contribution in [0.5, 0.6) is 5.88 Å². The summed E-state index contributed by atoms with van der Waals surface area (Å²) >= 11 is 0. The van der Waals surface area contributed by atoms with Crippen LogP contribution >= 0.6 is 0 Å². The lowest BCUT2D eigenvalue weighted by atomic mass is 9.96. The number of unbranched alkanes of at least 4 members (excludes halogenated alkanes) is 1. The lowest BCUT2D eigenvalue weighted by Gasteiger charge is -2.36. The Hall–Kier alpha value is -3.65. The number of carbonyl (C=O) groups excluding carboxylic acids is 2. The van der Waals surface area contributed by atoms with Gasteiger partial charge in [-0.05, 0) is 68.2 Å². The van der Waals surface area contributed by atoms with E-state index in [1.165, 1.54) is 16.5 Å². The smallest absolute Gasteiger partial charge is 0.422 e. The van der Waals surface area contributed by atoms with Gasteiger partial charge in [-0.2, -0.15) is 9.88 Å². The molecule has 0 N–H and O–H groups in total. The molecule has 8 nitrogen and oxygen atoms in total. The maximum Gasteiger partial charge on any atom is 0.422 e. The molecular formula is C31H36N4O4. The molecule has 2 aromatic carbocycles. The number of ether oxygens (including phenoxy) is 2. The van der Waals surface area contributed by atoms with Gasteiger partial charge in [0.25, 0.3) is 0 Å². The van der Waals surface area contributed by atoms with E-state index in [-0.39, 0.29) is 18.4 Å². The highest BCUT2D eigenvalue weighted by Crippen LogP contribution is 2.31. The average Bonchev–Trinajstić information content (AvgIpc) is 2.94. The lowest BCUT2D eigenvalue weighted by Crippen LogP contribution is -2.46. The van der Waals surface area contributed by atoms with Crippen molar-refractivity contribution >= 4 is 34.3 Å². The van der Waals surface area contributed by atoms with E-state index in [1.807, 2.05) is 12.1 Å². The van der Waals surface area contributed by atoms with Gasteiger partial charge in [-0.3, -0.25) is 9.69 Å². The number of fused-ring (bicyclic) bond motifs is 2. The third-order valence-electron chi connectivity index (χ3n) is 8.10. The topological polar surface area (TPSA) is 75.2 Å². The van der Waals surface area contributed by atoms with E-state index in [2.05, 4.69) is 57.2 Å². The van der Waals surface area contributed by atoms with Crippen LogP contribution in [0, 0.1) is 0 Å². The molecule has 8 heteroatoms. The molecule has 2 amide bonds. The quantitative estimate of drug-likeness (QED) is 0.373. The van der Waals surface area contributed by atoms with E-state index < -0.39 is 6.09 Å². The molecule has 0 radical (unpaired) electrons. The van der Waals surface area contributed by atoms with Gasteiger partial charge in [0.15, 0.2) is 5.82 Å². The number of anilines is 2. The van der Waals surface area contributed by atoms with Gasteiger partial charge < -0.3 is 14.4 Å². The van der Waals surface area contributed by atoms with E-state index in [9.17, 15) is 9.59 Å². The summed E-state index contributed by atoms with van der Waals surface area (Å²) in [7, 11) is 0. The van der Waals surface area contributed by atoms with Gasteiger partial charge in [-0.1, -0.05) is 36.4 Å². The molecule has 0 unspecified atom stereocenters. The second-order valence-corrected chi connectivity index (χ2v) is 10.7. The fourth-order valence-electron chi connectivity index (χ4n) is 5.58. The van der Waals surface area contributed by atoms with Gasteiger partial charge in [-0.15, -0.1) is 0 Å². The highest BCUT2D eigenvalue weighted by atomic mass is 16.6. The molecule has 3 heterocycles. The Morgan fingerprint density at radius 3 is 2.56 bits per heavy atom. The van der Waals surface area contributed by atoms with Crippen LogP contribution in [0.2, 0.25) is 0 Å². The zero-order valence-electron chi connectivity index (χ0n) is 22.4. The molecule has 3 aromatic rings. The van der Waals surface area contributed by atoms with Crippen molar-refractivity contribution in [2.75, 3.05) is 49.1 Å². The molecule has 3 aliphatic rings. The van der Waals surface area contributed by atoms with Crippen molar-refractivity contribution in [1.29, 1.82) is 0 Å². The number of benzene rings is 2. The monoisotopic (exact) mass is 528 g/mol. The van der Waals surface area contributed by atoms with Crippen molar-refractivity contribution < 1.29 is 19.1 Å². The van der Waals surface area contributed by atoms with Gasteiger partial charge in [-0.25, -0.2) is 4.79 Å². The second-order valence-electron chi connectivity index (χ2n) is 10.7. The third-order valence-corrected chi connectivity index (χ3v) is 8.10. The normalized spacial score (nSPS) is 18.1. The number of carbonyl (C=O) groups is 2. The van der Waals surface area contributed by atoms with Crippen molar-refractivity contribution in [2.24, 2.45) is 0 Å². The van der Waals surface area contributed by atoms with Crippen LogP contribution in [0.4, 0.5) is 16.3 Å². The summed E-state index contributed by atoms with van der Waals surface area (Å²) in [6.07, 6.45) is 4.88. The van der Waals surface area contributed by atoms with Crippen LogP contribution in [0.15, 0.2) is 54.6 Å². The maximum absolute atomic E-state index is 12.7. The van der Waals surface area contributed by atoms with Crippen LogP contribution in [-0.2, 0) is 16.0 Å². The Morgan fingerprint density at radius 2 is 1.74 bits per heavy atom. The van der Waals surface area contributed by atoms with Crippen LogP contribution in [-0.4, -0.2) is 67.3 Å². The summed E-state index contributed by atoms with van der Waals surface area (Å²) in [5, 5.41) is 2.61. The summed E-state index contributed by atoms with van der Waals surface area (Å²) in [5.41, 5.74) is 2.20. The number of rotatable bonds is 8. The van der Waals surface area contributed by atoms with Crippen molar-refractivity contribution in [3.63, 3.8) is 0 Å². The molecule has 1 aromatic heterocycles. The Balaban J connectivity index is 0.961. The van der Waals surface area contributed by atoms with Crippen LogP contribution in [0.25, 0.3) is 10.8 Å². The summed E-state index contributed by atoms with van der Waals surface area (Å²) in [6.45, 7) is 5.75. The number of nitrogens with zero attached hydrogens (tertiary/aromatic N) is 4. The van der Waals surface area contributed by atoms with E-state index in [0.717, 1.165) is 75.3 Å². The molecule has 6 rings (SSSR count). The summed E-state index contributed by atoms with van der Waals surface area (Å²) in [4.78, 5) is 35.9. The Morgan fingerprint density at radius 1 is 0.923 bits per heavy atom. The molecule has 1 aliphatic carbocycles. The van der Waals surface area contributed by atoms with Gasteiger partial charge in [0.1, 0.15) is 6.10 Å². The van der Waals surface area contributed by atoms with Gasteiger partial charge in [0.2, 0.25) is 11.8 Å². The van der Waals surface area contributed by atoms with E-state index in [1.54, 1.807) is 0 Å². The standard InChI is InChI=1S/C31H36N4O4/c36-29-16-14-24-13-15-28(32-30(24)35(29)31(37)39-25-9-6-10-25)38-22-4-3-17-33-18-20-34(21-19-33)27-12-5-8-23-7-1-2-11-26(23)27/h1-2,5,7-8,11-13,15,25H,3-4,6,9-10,14,16-22H2. The zero-order chi connectivity index (χ0) is 26.6. The third kappa shape index (κ3) is 5.71. The predicted molar refractivity (Wildman–Crippen MR) is 151 cm³/mol. The first kappa shape index (κ1) is 25.6. The number of aryl methyl sites for hydroxylation is 1. The first-order valence-electron chi connectivity index (χ1n) is 14.3. The molecule has 0 spiro atoms. The number of amides is 2. The average molecular weight is 529 g/mol. The molecule has 39 heavy (non-hydrogen) atoms. The minimum atomic E-state index is -0.615. The number of pyridine rings is 1. The van der Waals surface area contributed by atoms with Crippen molar-refractivity contribution in [3.05, 3.63) is 60.2 Å². The molecule has 2 fully saturated rings. The molecule has 0 atom stereocenters. The molecule has 2 aliphatic heterocycles. The van der Waals surface area contributed by atoms with Crippen molar-refractivity contribution in [2.45, 2.75) is 51.0 Å². The van der Waals surface area contributed by atoms with E-state index >= 15 is 0 Å². The largest absolute Gasteiger partial charge is 0.478 e. The SMILES string of the molecule is O=C1CCc2ccc(OCCCCN3CCN(c4cccc5ccccc45)CC3)nc2N1C(=O)OC1CCC1. The summed E-state index contributed by atoms with van der Waals surface area (Å²) in [5.74, 6) is 0.530. The number of piperazine rings is 1. The maximum atomic E-state index is 12.7. The molecular weight excluding hydrogens is 492 g/mol. The Labute approximate surface area is 229 Å². The number of imide groups is 1. The highest BCUT2D eigenvalue weighted by molar-refractivity contribution is 6.13. The predicted octanol–water partition coefficient (Wildman–Crippen LogP) is 5.18. The van der Waals surface area contributed by atoms with E-state index in [0.29, 0.717) is 24.7 Å². The minimum Gasteiger partial charge on any atom is -0.478 e. The Kier molecular flexibility index (Phi) is 7.63. The van der Waals surface area contributed by atoms with Crippen molar-refractivity contribution in [3.8, 4) is 5.88 Å². The summed E-state index contributed by atoms with van der Waals surface area (Å²) < 4.78 is 11.4. The van der Waals surface area contributed by atoms with Crippen molar-refractivity contribution in [1.82, 2.24) is 9.88 Å². The fraction of sp³-hybridized carbons (Fsp3) is 0.452. The fourth-order valence-corrected chi connectivity index (χ4v) is 5.58. The van der Waals surface area contributed by atoms with Gasteiger partial charge in [0, 0.05) is 49.7 Å². The number of hydrogen-bond acceptors (Lipinski definition) is 7. The summed E-state index contributed by atoms with van der Waals surface area (Å²) in [6, 6.07) is 18.9. The highest BCUT2D eigenvalue weighted by Gasteiger charge is 2.35. The molecule has 1 saturated carbocycles. The van der Waals surface area contributed by atoms with Crippen LogP contribution in [0.3, 0.4) is 0 Å². The first-order chi connectivity index (χ1) is 19.2. The van der Waals surface area contributed by atoms with Gasteiger partial charge >= 0.3 is 6.09 Å². The second kappa shape index (κ2) is 11.6. The van der Waals surface area contributed by atoms with Crippen LogP contribution < -0.4 is 14.5 Å². The molecule has 204 valence electrons. The minimum absolute atomic E-state index is 0.0868. The van der Waals surface area contributed by atoms with Crippen LogP contribution in [0.1, 0.15) is 44.1 Å². The Bertz CT molecular complexity index is 1330. The first-order valence-corrected chi connectivity index (χ1v) is 14.3. The van der Waals surface area contributed by atoms with E-state index in [4.69, 9.17) is 9.47 Å².